The van der Waals surface area contributed by atoms with Gasteiger partial charge in [-0.1, -0.05) is 30.3 Å². The Hall–Kier alpha value is -3.02. The molecule has 0 unspecified atom stereocenters. The molecule has 0 aromatic heterocycles. The maximum absolute atomic E-state index is 11.2. The maximum Gasteiger partial charge on any atom is 0.254 e. The first-order chi connectivity index (χ1) is 10.0. The molecule has 6 heteroatoms. The van der Waals surface area contributed by atoms with E-state index in [2.05, 4.69) is 5.32 Å². The first-order valence-electron chi connectivity index (χ1n) is 6.17. The van der Waals surface area contributed by atoms with Crippen LogP contribution in [-0.2, 0) is 25.6 Å². The van der Waals surface area contributed by atoms with Crippen molar-refractivity contribution < 1.29 is 19.2 Å². The van der Waals surface area contributed by atoms with Crippen LogP contribution < -0.4 is 10.6 Å². The third kappa shape index (κ3) is 4.24. The second kappa shape index (κ2) is 6.42. The van der Waals surface area contributed by atoms with E-state index < -0.39 is 0 Å². The predicted octanol–water partition coefficient (Wildman–Crippen LogP) is 0.0109. The van der Waals surface area contributed by atoms with Crippen LogP contribution in [0.4, 0.5) is 0 Å². The highest BCUT2D eigenvalue weighted by Gasteiger charge is 2.20. The lowest BCUT2D eigenvalue weighted by Gasteiger charge is -1.99. The molecule has 2 aliphatic heterocycles. The van der Waals surface area contributed by atoms with Crippen LogP contribution >= 0.6 is 0 Å². The summed E-state index contributed by atoms with van der Waals surface area (Å²) in [6, 6.07) is 9.58. The summed E-state index contributed by atoms with van der Waals surface area (Å²) < 4.78 is 0. The molecule has 1 aromatic carbocycles. The standard InChI is InChI=1S/C11H9NO2.C4H3NO2/c13-10-7-9(11(14)12-10)6-8-4-2-1-3-5-8;6-3-1-2-4(7)5-3/h1-5,7H,6H2,(H,12,13,14);1-2H,(H,5,6,7). The van der Waals surface area contributed by atoms with Gasteiger partial charge in [0.25, 0.3) is 23.6 Å². The van der Waals surface area contributed by atoms with Crippen molar-refractivity contribution in [2.75, 3.05) is 0 Å². The molecular formula is C15H12N2O4. The molecule has 2 N–H and O–H groups in total. The van der Waals surface area contributed by atoms with Gasteiger partial charge in [0, 0.05) is 30.2 Å². The van der Waals surface area contributed by atoms with E-state index in [1.807, 2.05) is 35.6 Å². The van der Waals surface area contributed by atoms with Gasteiger partial charge in [-0.25, -0.2) is 0 Å². The Morgan fingerprint density at radius 1 is 0.762 bits per heavy atom. The number of hydrogen-bond donors (Lipinski definition) is 2. The molecule has 2 heterocycles. The number of nitrogens with one attached hydrogen (secondary N) is 2. The molecule has 2 aliphatic rings. The maximum atomic E-state index is 11.2. The fraction of sp³-hybridized carbons (Fsp3) is 0.0667. The highest BCUT2D eigenvalue weighted by atomic mass is 16.2. The Morgan fingerprint density at radius 3 is 1.81 bits per heavy atom. The molecule has 0 atom stereocenters. The first-order valence-corrected chi connectivity index (χ1v) is 6.17. The van der Waals surface area contributed by atoms with Crippen molar-refractivity contribution in [3.05, 3.63) is 59.7 Å². The quantitative estimate of drug-likeness (QED) is 0.748. The van der Waals surface area contributed by atoms with E-state index in [0.29, 0.717) is 12.0 Å². The van der Waals surface area contributed by atoms with E-state index in [1.165, 1.54) is 18.2 Å². The van der Waals surface area contributed by atoms with Gasteiger partial charge in [-0.15, -0.1) is 0 Å². The molecule has 6 nitrogen and oxygen atoms in total. The average molecular weight is 284 g/mol. The number of benzene rings is 1. The summed E-state index contributed by atoms with van der Waals surface area (Å²) in [7, 11) is 0. The Bertz CT molecular complexity index is 644. The minimum absolute atomic E-state index is 0.279. The molecule has 4 amide bonds. The minimum Gasteiger partial charge on any atom is -0.289 e. The molecule has 0 fully saturated rings. The largest absolute Gasteiger partial charge is 0.289 e. The lowest BCUT2D eigenvalue weighted by Crippen LogP contribution is -2.22. The lowest BCUT2D eigenvalue weighted by molar-refractivity contribution is -0.125. The van der Waals surface area contributed by atoms with Gasteiger partial charge < -0.3 is 0 Å². The van der Waals surface area contributed by atoms with Crippen molar-refractivity contribution in [2.24, 2.45) is 0 Å². The van der Waals surface area contributed by atoms with Crippen LogP contribution in [-0.4, -0.2) is 23.6 Å². The molecule has 0 saturated carbocycles. The zero-order chi connectivity index (χ0) is 15.2. The van der Waals surface area contributed by atoms with Crippen molar-refractivity contribution in [1.82, 2.24) is 10.6 Å². The number of rotatable bonds is 2. The highest BCUT2D eigenvalue weighted by molar-refractivity contribution is 6.16. The summed E-state index contributed by atoms with van der Waals surface area (Å²) in [5, 5.41) is 4.24. The number of amides is 4. The van der Waals surface area contributed by atoms with E-state index in [4.69, 9.17) is 0 Å². The van der Waals surface area contributed by atoms with Gasteiger partial charge in [0.05, 0.1) is 0 Å². The van der Waals surface area contributed by atoms with Gasteiger partial charge in [-0.2, -0.15) is 0 Å². The van der Waals surface area contributed by atoms with Gasteiger partial charge in [-0.3, -0.25) is 29.8 Å². The molecule has 0 saturated heterocycles. The molecule has 1 aromatic rings. The van der Waals surface area contributed by atoms with Crippen LogP contribution in [0.1, 0.15) is 5.56 Å². The molecule has 0 bridgehead atoms. The third-order valence-electron chi connectivity index (χ3n) is 2.70. The summed E-state index contributed by atoms with van der Waals surface area (Å²) >= 11 is 0. The zero-order valence-corrected chi connectivity index (χ0v) is 11.0. The molecule has 21 heavy (non-hydrogen) atoms. The molecular weight excluding hydrogens is 272 g/mol. The summed E-state index contributed by atoms with van der Waals surface area (Å²) in [6.07, 6.45) is 4.26. The van der Waals surface area contributed by atoms with Crippen LogP contribution in [0.3, 0.4) is 0 Å². The number of carbonyl (C=O) groups excluding carboxylic acids is 4. The number of hydrogen-bond acceptors (Lipinski definition) is 4. The normalized spacial score (nSPS) is 16.1. The SMILES string of the molecule is O=C1C=C(Cc2ccccc2)C(=O)N1.O=C1C=CC(=O)N1. The minimum atomic E-state index is -0.329. The van der Waals surface area contributed by atoms with Crippen molar-refractivity contribution in [2.45, 2.75) is 6.42 Å². The van der Waals surface area contributed by atoms with Gasteiger partial charge in [-0.05, 0) is 5.56 Å². The van der Waals surface area contributed by atoms with Crippen molar-refractivity contribution >= 4 is 23.6 Å². The molecule has 3 rings (SSSR count). The van der Waals surface area contributed by atoms with Gasteiger partial charge in [0.1, 0.15) is 0 Å². The van der Waals surface area contributed by atoms with E-state index in [1.54, 1.807) is 0 Å². The molecule has 0 aliphatic carbocycles. The third-order valence-corrected chi connectivity index (χ3v) is 2.70. The Kier molecular flexibility index (Phi) is 4.40. The number of imide groups is 2. The summed E-state index contributed by atoms with van der Waals surface area (Å²) in [5.74, 6) is -1.25. The predicted molar refractivity (Wildman–Crippen MR) is 73.7 cm³/mol. The van der Waals surface area contributed by atoms with Gasteiger partial charge in [0.15, 0.2) is 0 Å². The van der Waals surface area contributed by atoms with E-state index in [-0.39, 0.29) is 23.6 Å². The van der Waals surface area contributed by atoms with E-state index in [0.717, 1.165) is 5.56 Å². The van der Waals surface area contributed by atoms with Crippen LogP contribution in [0, 0.1) is 0 Å². The van der Waals surface area contributed by atoms with Gasteiger partial charge in [0.2, 0.25) is 0 Å². The van der Waals surface area contributed by atoms with Gasteiger partial charge >= 0.3 is 0 Å². The first kappa shape index (κ1) is 14.4. The number of carbonyl (C=O) groups is 4. The lowest BCUT2D eigenvalue weighted by atomic mass is 10.1. The second-order valence-corrected chi connectivity index (χ2v) is 4.34. The molecule has 0 radical (unpaired) electrons. The fourth-order valence-electron chi connectivity index (χ4n) is 1.76. The summed E-state index contributed by atoms with van der Waals surface area (Å²) in [4.78, 5) is 42.1. The molecule has 0 spiro atoms. The van der Waals surface area contributed by atoms with Crippen LogP contribution in [0.15, 0.2) is 54.1 Å². The summed E-state index contributed by atoms with van der Waals surface area (Å²) in [6.45, 7) is 0. The Morgan fingerprint density at radius 2 is 1.38 bits per heavy atom. The smallest absolute Gasteiger partial charge is 0.254 e. The second-order valence-electron chi connectivity index (χ2n) is 4.34. The zero-order valence-electron chi connectivity index (χ0n) is 11.0. The highest BCUT2D eigenvalue weighted by Crippen LogP contribution is 2.10. The molecule has 106 valence electrons. The average Bonchev–Trinajstić information content (AvgIpc) is 2.97. The van der Waals surface area contributed by atoms with Crippen molar-refractivity contribution in [3.8, 4) is 0 Å². The van der Waals surface area contributed by atoms with E-state index >= 15 is 0 Å². The van der Waals surface area contributed by atoms with Crippen LogP contribution in [0.25, 0.3) is 0 Å². The van der Waals surface area contributed by atoms with Crippen molar-refractivity contribution in [3.63, 3.8) is 0 Å². The topological polar surface area (TPSA) is 92.3 Å². The van der Waals surface area contributed by atoms with Crippen LogP contribution in [0.2, 0.25) is 0 Å². The Labute approximate surface area is 120 Å². The van der Waals surface area contributed by atoms with Crippen molar-refractivity contribution in [1.29, 1.82) is 0 Å². The monoisotopic (exact) mass is 284 g/mol. The fourth-order valence-corrected chi connectivity index (χ4v) is 1.76. The Balaban J connectivity index is 0.000000194. The van der Waals surface area contributed by atoms with Crippen LogP contribution in [0.5, 0.6) is 0 Å². The van der Waals surface area contributed by atoms with E-state index in [9.17, 15) is 19.2 Å². The summed E-state index contributed by atoms with van der Waals surface area (Å²) in [5.41, 5.74) is 1.56.